The molecule has 3 atom stereocenters. The Morgan fingerprint density at radius 1 is 1.18 bits per heavy atom. The molecule has 4 saturated carbocycles. The number of halogens is 2. The van der Waals surface area contributed by atoms with Gasteiger partial charge in [-0.15, -0.1) is 0 Å². The summed E-state index contributed by atoms with van der Waals surface area (Å²) in [4.78, 5) is 26.8. The average Bonchev–Trinajstić information content (AvgIpc) is 2.97. The van der Waals surface area contributed by atoms with Crippen molar-refractivity contribution in [3.05, 3.63) is 35.4 Å². The maximum absolute atomic E-state index is 13.5. The molecule has 0 aromatic heterocycles. The largest absolute Gasteiger partial charge is 0.369 e. The first-order chi connectivity index (χ1) is 13.3. The van der Waals surface area contributed by atoms with Crippen LogP contribution >= 0.6 is 0 Å². The molecule has 6 rings (SSSR count). The highest BCUT2D eigenvalue weighted by Crippen LogP contribution is 2.61. The molecule has 5 aliphatic rings. The maximum Gasteiger partial charge on any atom is 0.318 e. The number of nitrogens with one attached hydrogen (secondary N) is 1. The molecular weight excluding hydrogens is 364 g/mol. The molecule has 0 spiro atoms. The number of primary amides is 1. The van der Waals surface area contributed by atoms with Crippen molar-refractivity contribution < 1.29 is 18.4 Å². The van der Waals surface area contributed by atoms with Crippen molar-refractivity contribution in [2.24, 2.45) is 28.9 Å². The number of urea groups is 1. The summed E-state index contributed by atoms with van der Waals surface area (Å²) >= 11 is 0. The molecule has 28 heavy (non-hydrogen) atoms. The summed E-state index contributed by atoms with van der Waals surface area (Å²) in [6.07, 6.45) is 5.08. The van der Waals surface area contributed by atoms with Crippen LogP contribution < -0.4 is 11.1 Å². The molecule has 2 unspecified atom stereocenters. The molecule has 3 amide bonds. The molecule has 5 fully saturated rings. The summed E-state index contributed by atoms with van der Waals surface area (Å²) in [6.45, 7) is 0.559. The van der Waals surface area contributed by atoms with E-state index >= 15 is 0 Å². The van der Waals surface area contributed by atoms with Gasteiger partial charge >= 0.3 is 6.03 Å². The van der Waals surface area contributed by atoms with Crippen LogP contribution in [0.4, 0.5) is 13.6 Å². The van der Waals surface area contributed by atoms with Gasteiger partial charge in [0.25, 0.3) is 0 Å². The fourth-order valence-electron chi connectivity index (χ4n) is 6.76. The van der Waals surface area contributed by atoms with Crippen molar-refractivity contribution in [3.8, 4) is 0 Å². The lowest BCUT2D eigenvalue weighted by Gasteiger charge is -2.60. The average molecular weight is 389 g/mol. The second kappa shape index (κ2) is 6.16. The predicted octanol–water partition coefficient (Wildman–Crippen LogP) is 2.58. The fraction of sp³-hybridized carbons (Fsp3) is 0.619. The van der Waals surface area contributed by atoms with E-state index in [-0.39, 0.29) is 29.4 Å². The van der Waals surface area contributed by atoms with Gasteiger partial charge in [0, 0.05) is 18.0 Å². The van der Waals surface area contributed by atoms with E-state index < -0.39 is 11.6 Å². The summed E-state index contributed by atoms with van der Waals surface area (Å²) < 4.78 is 26.6. The van der Waals surface area contributed by atoms with Crippen LogP contribution in [0.15, 0.2) is 18.2 Å². The fourth-order valence-corrected chi connectivity index (χ4v) is 6.76. The number of carbonyl (C=O) groups excluding carboxylic acids is 2. The molecule has 1 aliphatic heterocycles. The predicted molar refractivity (Wildman–Crippen MR) is 98.1 cm³/mol. The van der Waals surface area contributed by atoms with E-state index in [9.17, 15) is 18.4 Å². The molecule has 1 aromatic rings. The summed E-state index contributed by atoms with van der Waals surface area (Å²) in [7, 11) is 0. The molecule has 3 N–H and O–H groups in total. The SMILES string of the molecule is NC(=O)C12CC3CC(C1)C(N1C[C@@H](Cc4ccc(F)c(F)c4)NC1=O)C(C3)C2. The van der Waals surface area contributed by atoms with Crippen LogP contribution in [0.1, 0.15) is 37.7 Å². The van der Waals surface area contributed by atoms with E-state index in [1.807, 2.05) is 4.90 Å². The Hall–Kier alpha value is -2.18. The Morgan fingerprint density at radius 2 is 1.89 bits per heavy atom. The van der Waals surface area contributed by atoms with Gasteiger partial charge < -0.3 is 16.0 Å². The minimum atomic E-state index is -0.864. The number of nitrogens with two attached hydrogens (primary N) is 1. The van der Waals surface area contributed by atoms with Crippen molar-refractivity contribution >= 4 is 11.9 Å². The third-order valence-corrected chi connectivity index (χ3v) is 7.58. The molecule has 150 valence electrons. The lowest BCUT2D eigenvalue weighted by Crippen LogP contribution is -2.62. The van der Waals surface area contributed by atoms with Gasteiger partial charge in [0.05, 0.1) is 6.04 Å². The summed E-state index contributed by atoms with van der Waals surface area (Å²) in [6, 6.07) is 3.83. The smallest absolute Gasteiger partial charge is 0.318 e. The zero-order valence-corrected chi connectivity index (χ0v) is 15.7. The number of rotatable bonds is 4. The van der Waals surface area contributed by atoms with Crippen LogP contribution in [0.25, 0.3) is 0 Å². The van der Waals surface area contributed by atoms with Crippen molar-refractivity contribution in [3.63, 3.8) is 0 Å². The highest BCUT2D eigenvalue weighted by molar-refractivity contribution is 5.82. The summed E-state index contributed by atoms with van der Waals surface area (Å²) in [5, 5.41) is 3.01. The quantitative estimate of drug-likeness (QED) is 0.831. The summed E-state index contributed by atoms with van der Waals surface area (Å²) in [5.74, 6) is -0.704. The topological polar surface area (TPSA) is 75.4 Å². The van der Waals surface area contributed by atoms with E-state index in [4.69, 9.17) is 5.73 Å². The van der Waals surface area contributed by atoms with E-state index in [1.54, 1.807) is 6.07 Å². The lowest BCUT2D eigenvalue weighted by molar-refractivity contribution is -0.149. The molecular formula is C21H25F2N3O2. The Bertz CT molecular complexity index is 829. The number of amides is 3. The van der Waals surface area contributed by atoms with E-state index in [1.165, 1.54) is 6.07 Å². The summed E-state index contributed by atoms with van der Waals surface area (Å²) in [5.41, 5.74) is 6.06. The van der Waals surface area contributed by atoms with Crippen LogP contribution in [0.3, 0.4) is 0 Å². The molecule has 1 aromatic carbocycles. The van der Waals surface area contributed by atoms with Crippen molar-refractivity contribution in [2.75, 3.05) is 6.54 Å². The third kappa shape index (κ3) is 2.70. The van der Waals surface area contributed by atoms with Crippen LogP contribution in [-0.2, 0) is 11.2 Å². The monoisotopic (exact) mass is 389 g/mol. The van der Waals surface area contributed by atoms with Crippen molar-refractivity contribution in [2.45, 2.75) is 50.6 Å². The minimum Gasteiger partial charge on any atom is -0.369 e. The number of hydrogen-bond donors (Lipinski definition) is 2. The molecule has 1 saturated heterocycles. The second-order valence-electron chi connectivity index (χ2n) is 9.36. The standard InChI is InChI=1S/C21H25F2N3O2/c22-16-2-1-11(6-17(16)23)5-15-10-26(20(28)25-15)18-13-3-12-4-14(18)9-21(7-12,8-13)19(24)27/h1-2,6,12-15,18H,3-5,7-10H2,(H2,24,27)(H,25,28)/t12?,13?,14?,15-,18?,21?/m1/s1. The number of benzene rings is 1. The van der Waals surface area contributed by atoms with Gasteiger partial charge in [-0.05, 0) is 74.0 Å². The highest BCUT2D eigenvalue weighted by Gasteiger charge is 2.60. The van der Waals surface area contributed by atoms with Crippen LogP contribution in [-0.4, -0.2) is 35.5 Å². The van der Waals surface area contributed by atoms with Crippen LogP contribution in [0.2, 0.25) is 0 Å². The third-order valence-electron chi connectivity index (χ3n) is 7.58. The lowest BCUT2D eigenvalue weighted by atomic mass is 9.47. The Morgan fingerprint density at radius 3 is 2.54 bits per heavy atom. The van der Waals surface area contributed by atoms with E-state index in [2.05, 4.69) is 5.32 Å². The molecule has 7 heteroatoms. The van der Waals surface area contributed by atoms with Gasteiger partial charge in [0.2, 0.25) is 5.91 Å². The van der Waals surface area contributed by atoms with Crippen molar-refractivity contribution in [1.29, 1.82) is 0 Å². The van der Waals surface area contributed by atoms with Gasteiger partial charge in [0.1, 0.15) is 0 Å². The Labute approximate surface area is 162 Å². The van der Waals surface area contributed by atoms with Crippen LogP contribution in [0, 0.1) is 34.8 Å². The zero-order valence-electron chi connectivity index (χ0n) is 15.7. The first-order valence-corrected chi connectivity index (χ1v) is 10.2. The molecule has 1 heterocycles. The maximum atomic E-state index is 13.5. The molecule has 5 nitrogen and oxygen atoms in total. The first-order valence-electron chi connectivity index (χ1n) is 10.2. The van der Waals surface area contributed by atoms with Gasteiger partial charge in [-0.25, -0.2) is 13.6 Å². The van der Waals surface area contributed by atoms with Gasteiger partial charge in [-0.2, -0.15) is 0 Å². The normalized spacial score (nSPS) is 38.7. The zero-order chi connectivity index (χ0) is 19.6. The second-order valence-corrected chi connectivity index (χ2v) is 9.36. The number of carbonyl (C=O) groups is 2. The molecule has 0 radical (unpaired) electrons. The first kappa shape index (κ1) is 17.9. The van der Waals surface area contributed by atoms with E-state index in [0.717, 1.165) is 38.2 Å². The Balaban J connectivity index is 1.32. The van der Waals surface area contributed by atoms with Gasteiger partial charge in [-0.1, -0.05) is 6.07 Å². The van der Waals surface area contributed by atoms with Gasteiger partial charge in [0.15, 0.2) is 11.6 Å². The highest BCUT2D eigenvalue weighted by atomic mass is 19.2. The van der Waals surface area contributed by atoms with Gasteiger partial charge in [-0.3, -0.25) is 4.79 Å². The minimum absolute atomic E-state index is 0.0850. The number of nitrogens with zero attached hydrogens (tertiary/aromatic N) is 1. The Kier molecular flexibility index (Phi) is 3.93. The van der Waals surface area contributed by atoms with E-state index in [0.29, 0.717) is 36.3 Å². The van der Waals surface area contributed by atoms with Crippen molar-refractivity contribution in [1.82, 2.24) is 10.2 Å². The number of hydrogen-bond acceptors (Lipinski definition) is 2. The molecule has 4 aliphatic carbocycles. The molecule has 4 bridgehead atoms. The van der Waals surface area contributed by atoms with Crippen LogP contribution in [0.5, 0.6) is 0 Å².